The first-order chi connectivity index (χ1) is 14.8. The van der Waals surface area contributed by atoms with Gasteiger partial charge in [0.15, 0.2) is 0 Å². The number of nitrogens with one attached hydrogen (secondary N) is 2. The van der Waals surface area contributed by atoms with Crippen LogP contribution in [0.15, 0.2) is 18.2 Å². The van der Waals surface area contributed by atoms with Crippen LogP contribution in [0.3, 0.4) is 0 Å². The summed E-state index contributed by atoms with van der Waals surface area (Å²) in [4.78, 5) is 26.9. The first-order valence-corrected chi connectivity index (χ1v) is 11.0. The minimum Gasteiger partial charge on any atom is -0.497 e. The second-order valence-electron chi connectivity index (χ2n) is 9.10. The van der Waals surface area contributed by atoms with E-state index in [4.69, 9.17) is 9.47 Å². The maximum absolute atomic E-state index is 13.6. The molecule has 0 radical (unpaired) electrons. The van der Waals surface area contributed by atoms with E-state index in [1.807, 2.05) is 18.7 Å². The molecule has 1 aliphatic heterocycles. The number of hydrogen-bond acceptors (Lipinski definition) is 5. The average molecular weight is 436 g/mol. The second kappa shape index (κ2) is 10.4. The summed E-state index contributed by atoms with van der Waals surface area (Å²) in [5.41, 5.74) is -0.00443. The molecule has 1 aromatic carbocycles. The van der Waals surface area contributed by atoms with Gasteiger partial charge < -0.3 is 25.0 Å². The van der Waals surface area contributed by atoms with E-state index >= 15 is 0 Å². The van der Waals surface area contributed by atoms with Crippen LogP contribution in [0, 0.1) is 11.7 Å². The second-order valence-corrected chi connectivity index (χ2v) is 9.10. The van der Waals surface area contributed by atoms with E-state index in [9.17, 15) is 14.0 Å². The van der Waals surface area contributed by atoms with Gasteiger partial charge in [-0.05, 0) is 57.6 Å². The molecule has 1 saturated carbocycles. The van der Waals surface area contributed by atoms with Gasteiger partial charge in [-0.25, -0.2) is 4.39 Å². The van der Waals surface area contributed by atoms with Crippen LogP contribution in [-0.2, 0) is 9.53 Å². The first kappa shape index (κ1) is 23.5. The molecule has 172 valence electrons. The molecule has 1 aromatic rings. The fourth-order valence-electron chi connectivity index (χ4n) is 4.37. The molecule has 7 nitrogen and oxygen atoms in total. The molecule has 0 spiro atoms. The molecule has 31 heavy (non-hydrogen) atoms. The van der Waals surface area contributed by atoms with Crippen molar-refractivity contribution in [3.63, 3.8) is 0 Å². The Morgan fingerprint density at radius 3 is 2.65 bits per heavy atom. The third-order valence-corrected chi connectivity index (χ3v) is 6.26. The highest BCUT2D eigenvalue weighted by molar-refractivity contribution is 5.94. The Hall–Kier alpha value is -2.19. The normalized spacial score (nSPS) is 23.3. The Kier molecular flexibility index (Phi) is 7.89. The minimum absolute atomic E-state index is 0.119. The zero-order valence-corrected chi connectivity index (χ0v) is 18.7. The van der Waals surface area contributed by atoms with Gasteiger partial charge >= 0.3 is 0 Å². The molecular weight excluding hydrogens is 401 g/mol. The van der Waals surface area contributed by atoms with Crippen LogP contribution in [0.2, 0.25) is 0 Å². The SMILES string of the molecule is COc1cc(F)cc(C(=O)NC[C@H]2CC[C@H](NCC(=O)N3CCOCC3(C)C)CC2)c1. The molecule has 0 aromatic heterocycles. The molecule has 3 rings (SSSR count). The van der Waals surface area contributed by atoms with Crippen molar-refractivity contribution in [3.8, 4) is 5.75 Å². The molecule has 1 heterocycles. The van der Waals surface area contributed by atoms with Gasteiger partial charge in [0.2, 0.25) is 5.91 Å². The van der Waals surface area contributed by atoms with Crippen molar-refractivity contribution in [1.29, 1.82) is 0 Å². The number of methoxy groups -OCH3 is 1. The van der Waals surface area contributed by atoms with E-state index in [0.717, 1.165) is 25.7 Å². The van der Waals surface area contributed by atoms with Gasteiger partial charge in [-0.3, -0.25) is 9.59 Å². The van der Waals surface area contributed by atoms with Crippen molar-refractivity contribution in [3.05, 3.63) is 29.6 Å². The van der Waals surface area contributed by atoms with E-state index < -0.39 is 5.82 Å². The van der Waals surface area contributed by atoms with Gasteiger partial charge in [0.25, 0.3) is 5.91 Å². The predicted molar refractivity (Wildman–Crippen MR) is 116 cm³/mol. The van der Waals surface area contributed by atoms with Crippen LogP contribution in [-0.4, -0.2) is 68.3 Å². The summed E-state index contributed by atoms with van der Waals surface area (Å²) in [5, 5.41) is 6.32. The lowest BCUT2D eigenvalue weighted by atomic mass is 9.86. The lowest BCUT2D eigenvalue weighted by molar-refractivity contribution is -0.145. The summed E-state index contributed by atoms with van der Waals surface area (Å²) in [6.45, 7) is 6.76. The molecule has 1 saturated heterocycles. The summed E-state index contributed by atoms with van der Waals surface area (Å²) in [6, 6.07) is 4.31. The number of carbonyl (C=O) groups is 2. The van der Waals surface area contributed by atoms with Crippen molar-refractivity contribution in [2.24, 2.45) is 5.92 Å². The standard InChI is InChI=1S/C23H34FN3O4/c1-23(2)15-31-9-8-27(23)21(28)14-25-19-6-4-16(5-7-19)13-26-22(29)17-10-18(24)12-20(11-17)30-3/h10-12,16,19,25H,4-9,13-15H2,1-3H3,(H,26,29)/t16-,19-. The summed E-state index contributed by atoms with van der Waals surface area (Å²) >= 11 is 0. The Balaban J connectivity index is 1.38. The molecule has 1 aliphatic carbocycles. The number of ether oxygens (including phenoxy) is 2. The number of carbonyl (C=O) groups excluding carboxylic acids is 2. The minimum atomic E-state index is -0.494. The summed E-state index contributed by atoms with van der Waals surface area (Å²) in [5.74, 6) is 0.0363. The van der Waals surface area contributed by atoms with Crippen LogP contribution in [0.4, 0.5) is 4.39 Å². The van der Waals surface area contributed by atoms with E-state index in [0.29, 0.717) is 50.6 Å². The maximum atomic E-state index is 13.6. The van der Waals surface area contributed by atoms with Gasteiger partial charge in [0.05, 0.1) is 32.4 Å². The van der Waals surface area contributed by atoms with Crippen LogP contribution in [0.25, 0.3) is 0 Å². The van der Waals surface area contributed by atoms with Crippen LogP contribution in [0.5, 0.6) is 5.75 Å². The molecule has 2 aliphatic rings. The molecule has 2 fully saturated rings. The molecule has 0 unspecified atom stereocenters. The zero-order valence-electron chi connectivity index (χ0n) is 18.7. The molecule has 0 bridgehead atoms. The molecule has 8 heteroatoms. The van der Waals surface area contributed by atoms with E-state index in [-0.39, 0.29) is 22.9 Å². The highest BCUT2D eigenvalue weighted by atomic mass is 19.1. The number of benzene rings is 1. The fraction of sp³-hybridized carbons (Fsp3) is 0.652. The summed E-state index contributed by atoms with van der Waals surface area (Å²) in [7, 11) is 1.44. The monoisotopic (exact) mass is 435 g/mol. The summed E-state index contributed by atoms with van der Waals surface area (Å²) in [6.07, 6.45) is 3.88. The third-order valence-electron chi connectivity index (χ3n) is 6.26. The van der Waals surface area contributed by atoms with E-state index in [1.165, 1.54) is 25.3 Å². The number of halogens is 1. The van der Waals surface area contributed by atoms with E-state index in [1.54, 1.807) is 0 Å². The first-order valence-electron chi connectivity index (χ1n) is 11.0. The molecule has 2 N–H and O–H groups in total. The Labute approximate surface area is 183 Å². The Morgan fingerprint density at radius 1 is 1.23 bits per heavy atom. The number of hydrogen-bond donors (Lipinski definition) is 2. The highest BCUT2D eigenvalue weighted by Crippen LogP contribution is 2.24. The smallest absolute Gasteiger partial charge is 0.251 e. The van der Waals surface area contributed by atoms with Crippen molar-refractivity contribution < 1.29 is 23.5 Å². The van der Waals surface area contributed by atoms with Crippen molar-refractivity contribution in [1.82, 2.24) is 15.5 Å². The highest BCUT2D eigenvalue weighted by Gasteiger charge is 2.34. The van der Waals surface area contributed by atoms with Crippen LogP contribution < -0.4 is 15.4 Å². The molecule has 0 atom stereocenters. The van der Waals surface area contributed by atoms with Gasteiger partial charge in [0.1, 0.15) is 11.6 Å². The Bertz CT molecular complexity index is 778. The average Bonchev–Trinajstić information content (AvgIpc) is 2.75. The topological polar surface area (TPSA) is 79.9 Å². The fourth-order valence-corrected chi connectivity index (χ4v) is 4.37. The van der Waals surface area contributed by atoms with Crippen molar-refractivity contribution in [2.75, 3.05) is 40.0 Å². The number of amides is 2. The lowest BCUT2D eigenvalue weighted by Gasteiger charge is -2.42. The number of nitrogens with zero attached hydrogens (tertiary/aromatic N) is 1. The molecule has 2 amide bonds. The third kappa shape index (κ3) is 6.40. The summed E-state index contributed by atoms with van der Waals surface area (Å²) < 4.78 is 24.1. The largest absolute Gasteiger partial charge is 0.497 e. The van der Waals surface area contributed by atoms with Gasteiger partial charge in [-0.15, -0.1) is 0 Å². The quantitative estimate of drug-likeness (QED) is 0.687. The van der Waals surface area contributed by atoms with E-state index in [2.05, 4.69) is 10.6 Å². The van der Waals surface area contributed by atoms with Gasteiger partial charge in [-0.1, -0.05) is 0 Å². The Morgan fingerprint density at radius 2 is 1.97 bits per heavy atom. The number of rotatable bonds is 7. The van der Waals surface area contributed by atoms with Gasteiger partial charge in [0, 0.05) is 30.8 Å². The van der Waals surface area contributed by atoms with Crippen molar-refractivity contribution in [2.45, 2.75) is 51.1 Å². The molecular formula is C23H34FN3O4. The number of morpholine rings is 1. The zero-order chi connectivity index (χ0) is 22.4. The van der Waals surface area contributed by atoms with Crippen molar-refractivity contribution >= 4 is 11.8 Å². The van der Waals surface area contributed by atoms with Crippen LogP contribution >= 0.6 is 0 Å². The maximum Gasteiger partial charge on any atom is 0.251 e. The van der Waals surface area contributed by atoms with Crippen LogP contribution in [0.1, 0.15) is 49.9 Å². The lowest BCUT2D eigenvalue weighted by Crippen LogP contribution is -2.57. The van der Waals surface area contributed by atoms with Gasteiger partial charge in [-0.2, -0.15) is 0 Å². The predicted octanol–water partition coefficient (Wildman–Crippen LogP) is 2.35.